The summed E-state index contributed by atoms with van der Waals surface area (Å²) < 4.78 is 22.3. The lowest BCUT2D eigenvalue weighted by Crippen LogP contribution is -2.38. The summed E-state index contributed by atoms with van der Waals surface area (Å²) in [4.78, 5) is 10.8. The van der Waals surface area contributed by atoms with Gasteiger partial charge in [-0.2, -0.15) is 8.42 Å². The zero-order valence-corrected chi connectivity index (χ0v) is 7.31. The molecule has 0 saturated carbocycles. The predicted molar refractivity (Wildman–Crippen MR) is 40.7 cm³/mol. The van der Waals surface area contributed by atoms with E-state index in [9.17, 15) is 13.2 Å². The van der Waals surface area contributed by atoms with Gasteiger partial charge in [0.2, 0.25) is 5.91 Å². The van der Waals surface area contributed by atoms with Crippen molar-refractivity contribution >= 4 is 16.1 Å². The molecule has 5 nitrogen and oxygen atoms in total. The van der Waals surface area contributed by atoms with Crippen LogP contribution >= 0.6 is 0 Å². The fraction of sp³-hybridized carbons (Fsp3) is 0.800. The Balaban J connectivity index is 4.10. The Morgan fingerprint density at radius 1 is 1.64 bits per heavy atom. The zero-order chi connectivity index (χ0) is 9.07. The quantitative estimate of drug-likeness (QED) is 0.605. The van der Waals surface area contributed by atoms with Crippen molar-refractivity contribution in [2.24, 2.45) is 11.1 Å². The van der Waals surface area contributed by atoms with Gasteiger partial charge in [-0.05, 0) is 6.42 Å². The zero-order valence-electron chi connectivity index (χ0n) is 6.49. The third-order valence-corrected chi connectivity index (χ3v) is 1.79. The molecule has 0 aliphatic rings. The first-order valence-electron chi connectivity index (χ1n) is 3.21. The number of nitrogens with two attached hydrogens (primary N) is 1. The maximum absolute atomic E-state index is 10.8. The average Bonchev–Trinajstić information content (AvgIpc) is 1.82. The van der Waals surface area contributed by atoms with E-state index in [1.165, 1.54) is 0 Å². The summed E-state index contributed by atoms with van der Waals surface area (Å²) >= 11 is 0. The summed E-state index contributed by atoms with van der Waals surface area (Å²) in [6.45, 7) is 3.41. The molecule has 0 aromatic heterocycles. The van der Waals surface area contributed by atoms with Gasteiger partial charge in [-0.15, -0.1) is 0 Å². The number of hydrogen-bond donors (Lipinski definition) is 2. The third kappa shape index (κ3) is 4.74. The number of nitrogens with one attached hydrogen (secondary N) is 1. The lowest BCUT2D eigenvalue weighted by Gasteiger charge is -2.06. The van der Waals surface area contributed by atoms with Crippen molar-refractivity contribution in [1.29, 1.82) is 0 Å². The minimum absolute atomic E-state index is 0.326. The molecule has 0 rings (SSSR count). The predicted octanol–water partition coefficient (Wildman–Crippen LogP) is -0.648. The van der Waals surface area contributed by atoms with Crippen molar-refractivity contribution in [2.75, 3.05) is 0 Å². The highest BCUT2D eigenvalue weighted by atomic mass is 32.2. The number of rotatable bonds is 3. The van der Waals surface area contributed by atoms with Crippen LogP contribution in [-0.4, -0.2) is 14.3 Å². The van der Waals surface area contributed by atoms with Crippen LogP contribution in [0.3, 0.4) is 0 Å². The van der Waals surface area contributed by atoms with Crippen molar-refractivity contribution in [1.82, 2.24) is 4.72 Å². The normalized spacial score (nSPS) is 14.1. The molecule has 1 amide bonds. The molecule has 0 aliphatic heterocycles. The van der Waals surface area contributed by atoms with Crippen LogP contribution in [0, 0.1) is 5.92 Å². The average molecular weight is 180 g/mol. The molecule has 1 unspecified atom stereocenters. The molecule has 0 aromatic carbocycles. The SMILES string of the molecule is CCC(C)C(=O)NS(N)(=O)=O. The van der Waals surface area contributed by atoms with Crippen LogP contribution in [0.25, 0.3) is 0 Å². The highest BCUT2D eigenvalue weighted by Gasteiger charge is 2.14. The summed E-state index contributed by atoms with van der Waals surface area (Å²) in [5, 5.41) is 4.57. The summed E-state index contributed by atoms with van der Waals surface area (Å²) in [7, 11) is -3.88. The molecule has 0 radical (unpaired) electrons. The van der Waals surface area contributed by atoms with Crippen LogP contribution in [0.1, 0.15) is 20.3 Å². The van der Waals surface area contributed by atoms with Crippen LogP contribution < -0.4 is 9.86 Å². The van der Waals surface area contributed by atoms with E-state index in [0.717, 1.165) is 0 Å². The maximum Gasteiger partial charge on any atom is 0.298 e. The topological polar surface area (TPSA) is 89.3 Å². The van der Waals surface area contributed by atoms with Crippen molar-refractivity contribution in [3.8, 4) is 0 Å². The van der Waals surface area contributed by atoms with Crippen LogP contribution in [-0.2, 0) is 15.0 Å². The molecule has 0 heterocycles. The molecule has 0 spiro atoms. The number of carbonyl (C=O) groups is 1. The Hall–Kier alpha value is -0.620. The van der Waals surface area contributed by atoms with E-state index in [2.05, 4.69) is 5.14 Å². The van der Waals surface area contributed by atoms with Gasteiger partial charge in [0, 0.05) is 5.92 Å². The van der Waals surface area contributed by atoms with Crippen molar-refractivity contribution in [3.63, 3.8) is 0 Å². The lowest BCUT2D eigenvalue weighted by atomic mass is 10.1. The molecule has 3 N–H and O–H groups in total. The fourth-order valence-electron chi connectivity index (χ4n) is 0.426. The molecular weight excluding hydrogens is 168 g/mol. The summed E-state index contributed by atoms with van der Waals surface area (Å²) in [5.41, 5.74) is 0. The van der Waals surface area contributed by atoms with E-state index in [1.807, 2.05) is 0 Å². The molecule has 1 atom stereocenters. The molecule has 6 heteroatoms. The molecule has 0 saturated heterocycles. The van der Waals surface area contributed by atoms with E-state index < -0.39 is 16.1 Å². The first-order valence-corrected chi connectivity index (χ1v) is 4.75. The Bertz CT molecular complexity index is 234. The molecule has 0 aliphatic carbocycles. The van der Waals surface area contributed by atoms with Crippen molar-refractivity contribution in [3.05, 3.63) is 0 Å². The largest absolute Gasteiger partial charge is 0.298 e. The summed E-state index contributed by atoms with van der Waals surface area (Å²) in [6.07, 6.45) is 0.585. The van der Waals surface area contributed by atoms with E-state index in [0.29, 0.717) is 6.42 Å². The van der Waals surface area contributed by atoms with E-state index in [1.54, 1.807) is 18.6 Å². The van der Waals surface area contributed by atoms with Crippen LogP contribution in [0.4, 0.5) is 0 Å². The minimum atomic E-state index is -3.88. The number of hydrogen-bond acceptors (Lipinski definition) is 3. The number of amides is 1. The van der Waals surface area contributed by atoms with Crippen LogP contribution in [0.2, 0.25) is 0 Å². The second kappa shape index (κ2) is 3.68. The van der Waals surface area contributed by atoms with Gasteiger partial charge in [-0.1, -0.05) is 13.8 Å². The molecule has 0 aromatic rings. The van der Waals surface area contributed by atoms with Gasteiger partial charge >= 0.3 is 0 Å². The van der Waals surface area contributed by atoms with Crippen molar-refractivity contribution < 1.29 is 13.2 Å². The van der Waals surface area contributed by atoms with Gasteiger partial charge in [0.05, 0.1) is 0 Å². The first kappa shape index (κ1) is 10.4. The Kier molecular flexibility index (Phi) is 3.47. The first-order chi connectivity index (χ1) is 4.87. The van der Waals surface area contributed by atoms with Gasteiger partial charge < -0.3 is 0 Å². The second-order valence-corrected chi connectivity index (χ2v) is 3.61. The van der Waals surface area contributed by atoms with E-state index >= 15 is 0 Å². The Labute approximate surface area is 66.1 Å². The van der Waals surface area contributed by atoms with Gasteiger partial charge in [0.25, 0.3) is 10.2 Å². The summed E-state index contributed by atoms with van der Waals surface area (Å²) in [5.74, 6) is -0.886. The lowest BCUT2D eigenvalue weighted by molar-refractivity contribution is -0.122. The Morgan fingerprint density at radius 2 is 2.09 bits per heavy atom. The highest BCUT2D eigenvalue weighted by molar-refractivity contribution is 7.87. The van der Waals surface area contributed by atoms with E-state index in [-0.39, 0.29) is 5.92 Å². The summed E-state index contributed by atoms with van der Waals surface area (Å²) in [6, 6.07) is 0. The monoisotopic (exact) mass is 180 g/mol. The van der Waals surface area contributed by atoms with Gasteiger partial charge in [-0.25, -0.2) is 9.86 Å². The van der Waals surface area contributed by atoms with Crippen molar-refractivity contribution in [2.45, 2.75) is 20.3 Å². The third-order valence-electron chi connectivity index (χ3n) is 1.30. The fourth-order valence-corrected chi connectivity index (χ4v) is 0.908. The van der Waals surface area contributed by atoms with Crippen LogP contribution in [0.15, 0.2) is 0 Å². The standard InChI is InChI=1S/C5H12N2O3S/c1-3-4(2)5(8)7-11(6,9)10/h4H,3H2,1-2H3,(H,7,8)(H2,6,9,10). The van der Waals surface area contributed by atoms with Gasteiger partial charge in [0.15, 0.2) is 0 Å². The molecule has 66 valence electrons. The molecular formula is C5H12N2O3S. The molecule has 0 bridgehead atoms. The maximum atomic E-state index is 10.8. The van der Waals surface area contributed by atoms with Crippen LogP contribution in [0.5, 0.6) is 0 Å². The highest BCUT2D eigenvalue weighted by Crippen LogP contribution is 1.99. The van der Waals surface area contributed by atoms with Gasteiger partial charge in [-0.3, -0.25) is 4.79 Å². The molecule has 0 fully saturated rings. The van der Waals surface area contributed by atoms with E-state index in [4.69, 9.17) is 0 Å². The minimum Gasteiger partial charge on any atom is -0.274 e. The van der Waals surface area contributed by atoms with Gasteiger partial charge in [0.1, 0.15) is 0 Å². The second-order valence-electron chi connectivity index (χ2n) is 2.32. The number of carbonyl (C=O) groups excluding carboxylic acids is 1. The smallest absolute Gasteiger partial charge is 0.274 e. The Morgan fingerprint density at radius 3 is 2.36 bits per heavy atom. The molecule has 11 heavy (non-hydrogen) atoms.